The number of carbonyl (C=O) groups is 2. The van der Waals surface area contributed by atoms with Crippen LogP contribution in [0.15, 0.2) is 134 Å². The Kier molecular flexibility index (Phi) is 72.0. The number of rotatable bonds is 70. The number of allylic oxidation sites excluding steroid dienone is 22. The van der Waals surface area contributed by atoms with E-state index in [-0.39, 0.29) is 38.6 Å². The molecule has 2 atom stereocenters. The summed E-state index contributed by atoms with van der Waals surface area (Å²) in [5.74, 6) is -0.863. The molecule has 0 aliphatic heterocycles. The number of esters is 2. The molecule has 0 fully saturated rings. The van der Waals surface area contributed by atoms with E-state index in [4.69, 9.17) is 24.3 Å². The minimum atomic E-state index is -4.41. The van der Waals surface area contributed by atoms with Gasteiger partial charge in [0.05, 0.1) is 13.2 Å². The Balaban J connectivity index is 3.89. The maximum Gasteiger partial charge on any atom is 0.472 e. The summed E-state index contributed by atoms with van der Waals surface area (Å²) in [7, 11) is -4.41. The van der Waals surface area contributed by atoms with E-state index >= 15 is 0 Å². The lowest BCUT2D eigenvalue weighted by atomic mass is 10.0. The molecule has 3 N–H and O–H groups in total. The molecular weight excluding hydrogens is 1150 g/mol. The second kappa shape index (κ2) is 75.2. The van der Waals surface area contributed by atoms with Gasteiger partial charge in [-0.1, -0.05) is 340 Å². The lowest BCUT2D eigenvalue weighted by Gasteiger charge is -2.19. The zero-order chi connectivity index (χ0) is 65.8. The monoisotopic (exact) mass is 1290 g/mol. The highest BCUT2D eigenvalue weighted by atomic mass is 31.2. The van der Waals surface area contributed by atoms with Gasteiger partial charge in [0.25, 0.3) is 0 Å². The van der Waals surface area contributed by atoms with E-state index in [0.717, 1.165) is 103 Å². The molecule has 0 amide bonds. The van der Waals surface area contributed by atoms with Crippen LogP contribution in [0.25, 0.3) is 0 Å². The van der Waals surface area contributed by atoms with Crippen LogP contribution in [0.1, 0.15) is 335 Å². The van der Waals surface area contributed by atoms with Crippen molar-refractivity contribution in [1.29, 1.82) is 0 Å². The fraction of sp³-hybridized carbons (Fsp3) is 0.704. The van der Waals surface area contributed by atoms with Gasteiger partial charge in [-0.3, -0.25) is 18.6 Å². The van der Waals surface area contributed by atoms with E-state index in [2.05, 4.69) is 148 Å². The second-order valence-electron chi connectivity index (χ2n) is 24.8. The van der Waals surface area contributed by atoms with Gasteiger partial charge >= 0.3 is 19.8 Å². The van der Waals surface area contributed by atoms with Crippen LogP contribution in [0.2, 0.25) is 0 Å². The molecule has 0 rings (SSSR count). The van der Waals surface area contributed by atoms with Gasteiger partial charge in [-0.15, -0.1) is 0 Å². The summed E-state index contributed by atoms with van der Waals surface area (Å²) in [6.07, 6.45) is 107. The van der Waals surface area contributed by atoms with Crippen LogP contribution in [-0.4, -0.2) is 49.3 Å². The third-order valence-electron chi connectivity index (χ3n) is 16.0. The Morgan fingerprint density at radius 1 is 0.341 bits per heavy atom. The fourth-order valence-corrected chi connectivity index (χ4v) is 11.3. The Bertz CT molecular complexity index is 1960. The smallest absolute Gasteiger partial charge is 0.462 e. The van der Waals surface area contributed by atoms with Crippen LogP contribution < -0.4 is 5.73 Å². The third-order valence-corrected chi connectivity index (χ3v) is 17.0. The molecule has 10 heteroatoms. The highest BCUT2D eigenvalue weighted by molar-refractivity contribution is 7.47. The quantitative estimate of drug-likeness (QED) is 0.0264. The molecular formula is C81H140NO8P. The van der Waals surface area contributed by atoms with Gasteiger partial charge in [-0.2, -0.15) is 0 Å². The van der Waals surface area contributed by atoms with Crippen LogP contribution in [0.5, 0.6) is 0 Å². The van der Waals surface area contributed by atoms with Crippen molar-refractivity contribution >= 4 is 19.8 Å². The average molecular weight is 1290 g/mol. The molecule has 2 unspecified atom stereocenters. The van der Waals surface area contributed by atoms with Crippen molar-refractivity contribution in [3.63, 3.8) is 0 Å². The Morgan fingerprint density at radius 2 is 0.604 bits per heavy atom. The molecule has 0 heterocycles. The fourth-order valence-electron chi connectivity index (χ4n) is 10.5. The predicted molar refractivity (Wildman–Crippen MR) is 394 cm³/mol. The second-order valence-corrected chi connectivity index (χ2v) is 26.2. The first-order valence-electron chi connectivity index (χ1n) is 37.7. The summed E-state index contributed by atoms with van der Waals surface area (Å²) >= 11 is 0. The molecule has 0 aliphatic rings. The molecule has 0 aliphatic carbocycles. The van der Waals surface area contributed by atoms with E-state index in [1.807, 2.05) is 0 Å². The third kappa shape index (κ3) is 75.1. The van der Waals surface area contributed by atoms with Gasteiger partial charge in [-0.25, -0.2) is 4.57 Å². The van der Waals surface area contributed by atoms with Crippen molar-refractivity contribution in [2.75, 3.05) is 26.4 Å². The van der Waals surface area contributed by atoms with E-state index < -0.39 is 26.5 Å². The number of phosphoric ester groups is 1. The van der Waals surface area contributed by atoms with Crippen LogP contribution in [-0.2, 0) is 32.7 Å². The maximum atomic E-state index is 12.8. The Labute approximate surface area is 561 Å². The summed E-state index contributed by atoms with van der Waals surface area (Å²) in [6.45, 7) is 3.60. The predicted octanol–water partition coefficient (Wildman–Crippen LogP) is 25.2. The maximum absolute atomic E-state index is 12.8. The van der Waals surface area contributed by atoms with Crippen molar-refractivity contribution < 1.29 is 37.6 Å². The van der Waals surface area contributed by atoms with Crippen molar-refractivity contribution in [2.24, 2.45) is 5.73 Å². The highest BCUT2D eigenvalue weighted by Crippen LogP contribution is 2.43. The van der Waals surface area contributed by atoms with Crippen LogP contribution in [0, 0.1) is 0 Å². The summed E-state index contributed by atoms with van der Waals surface area (Å²) in [6, 6.07) is 0. The van der Waals surface area contributed by atoms with Crippen molar-refractivity contribution in [1.82, 2.24) is 0 Å². The number of ether oxygens (including phenoxy) is 2. The molecule has 0 aromatic carbocycles. The zero-order valence-corrected chi connectivity index (χ0v) is 59.7. The topological polar surface area (TPSA) is 134 Å². The van der Waals surface area contributed by atoms with E-state index in [1.54, 1.807) is 0 Å². The molecule has 0 bridgehead atoms. The molecule has 522 valence electrons. The van der Waals surface area contributed by atoms with Gasteiger partial charge in [0, 0.05) is 19.4 Å². The lowest BCUT2D eigenvalue weighted by Crippen LogP contribution is -2.29. The Hall–Kier alpha value is -3.85. The standard InChI is InChI=1S/C81H140NO8P/c1-3-5-7-9-11-13-15-17-19-21-23-25-27-29-31-33-35-36-37-38-39-40-41-42-44-45-47-49-51-53-55-57-59-61-63-65-67-69-71-73-80(83)87-77-79(78-89-91(85,86)88-76-75-82)90-81(84)74-72-70-68-66-64-62-60-58-56-54-52-50-48-46-43-34-32-30-28-26-24-22-20-18-16-14-12-10-8-6-4-2/h6,8,12,14-15,17-18,20-21,23-24,26,30,32,43,46,50,52,56,58,62,64,79H,3-5,7,9-11,13,16,19,22,25,27-29,31,33-42,44-45,47-49,51,53-55,57,59-61,63,65-78,82H2,1-2H3,(H,85,86)/b8-6-,14-12-,17-15-,20-18-,23-21-,26-24-,32-30-,46-43-,52-50-,58-56-,64-62-. The van der Waals surface area contributed by atoms with Crippen molar-refractivity contribution in [3.8, 4) is 0 Å². The van der Waals surface area contributed by atoms with Crippen LogP contribution in [0.3, 0.4) is 0 Å². The van der Waals surface area contributed by atoms with Gasteiger partial charge in [-0.05, 0) is 116 Å². The summed E-state index contributed by atoms with van der Waals surface area (Å²) in [5.41, 5.74) is 5.40. The first-order valence-corrected chi connectivity index (χ1v) is 39.2. The number of hydrogen-bond donors (Lipinski definition) is 2. The first-order chi connectivity index (χ1) is 44.8. The van der Waals surface area contributed by atoms with Crippen molar-refractivity contribution in [3.05, 3.63) is 134 Å². The minimum absolute atomic E-state index is 0.0422. The largest absolute Gasteiger partial charge is 0.472 e. The van der Waals surface area contributed by atoms with Gasteiger partial charge < -0.3 is 20.1 Å². The lowest BCUT2D eigenvalue weighted by molar-refractivity contribution is -0.161. The first kappa shape index (κ1) is 87.2. The normalized spacial score (nSPS) is 13.7. The minimum Gasteiger partial charge on any atom is -0.462 e. The molecule has 0 saturated carbocycles. The molecule has 91 heavy (non-hydrogen) atoms. The SMILES string of the molecule is CC/C=C\C/C=C\C/C=C\C/C=C\C/C=C\C/C=C\C/C=C\C/C=C\C/C=C\CCCCCC(=O)OC(COC(=O)CCCCCCCCCCCCCCCCCCCCCCCCCCCCC/C=C\C/C=C\CCCCCCC)COP(=O)(O)OCCN. The number of hydrogen-bond acceptors (Lipinski definition) is 8. The zero-order valence-electron chi connectivity index (χ0n) is 58.8. The van der Waals surface area contributed by atoms with E-state index in [0.29, 0.717) is 6.42 Å². The molecule has 0 spiro atoms. The molecule has 0 aromatic rings. The molecule has 0 aromatic heterocycles. The number of unbranched alkanes of at least 4 members (excludes halogenated alkanes) is 35. The van der Waals surface area contributed by atoms with Crippen LogP contribution >= 0.6 is 7.82 Å². The summed E-state index contributed by atoms with van der Waals surface area (Å²) in [4.78, 5) is 35.4. The number of nitrogens with two attached hydrogens (primary N) is 1. The summed E-state index contributed by atoms with van der Waals surface area (Å²) in [5, 5.41) is 0. The highest BCUT2D eigenvalue weighted by Gasteiger charge is 2.26. The summed E-state index contributed by atoms with van der Waals surface area (Å²) < 4.78 is 33.2. The van der Waals surface area contributed by atoms with Crippen LogP contribution in [0.4, 0.5) is 0 Å². The van der Waals surface area contributed by atoms with E-state index in [9.17, 15) is 19.0 Å². The number of carbonyl (C=O) groups excluding carboxylic acids is 2. The molecule has 0 radical (unpaired) electrons. The van der Waals surface area contributed by atoms with E-state index in [1.165, 1.54) is 199 Å². The number of phosphoric acid groups is 1. The average Bonchev–Trinajstić information content (AvgIpc) is 3.71. The Morgan fingerprint density at radius 3 is 0.912 bits per heavy atom. The molecule has 0 saturated heterocycles. The molecule has 9 nitrogen and oxygen atoms in total. The van der Waals surface area contributed by atoms with Gasteiger partial charge in [0.2, 0.25) is 0 Å². The van der Waals surface area contributed by atoms with Crippen molar-refractivity contribution in [2.45, 2.75) is 341 Å². The van der Waals surface area contributed by atoms with Gasteiger partial charge in [0.1, 0.15) is 6.61 Å². The van der Waals surface area contributed by atoms with Gasteiger partial charge in [0.15, 0.2) is 6.10 Å².